The minimum absolute atomic E-state index is 0. The minimum atomic E-state index is -1.20. The van der Waals surface area contributed by atoms with Crippen LogP contribution in [0.25, 0.3) is 0 Å². The van der Waals surface area contributed by atoms with Crippen LogP contribution in [0.3, 0.4) is 0 Å². The Morgan fingerprint density at radius 2 is 1.87 bits per heavy atom. The molecular weight excluding hydrogens is 227 g/mol. The van der Waals surface area contributed by atoms with E-state index < -0.39 is 17.8 Å². The Hall–Kier alpha value is -0.740. The molecular formula is C10H11ClF3N. The van der Waals surface area contributed by atoms with Crippen molar-refractivity contribution in [3.8, 4) is 0 Å². The first kappa shape index (κ1) is 12.3. The third-order valence-electron chi connectivity index (χ3n) is 2.49. The highest BCUT2D eigenvalue weighted by Crippen LogP contribution is 2.29. The van der Waals surface area contributed by atoms with Crippen molar-refractivity contribution in [2.75, 3.05) is 13.1 Å². The SMILES string of the molecule is Cl.Fc1ccc(C(F)C2CNC2)cc1F. The lowest BCUT2D eigenvalue weighted by Gasteiger charge is -2.30. The average molecular weight is 238 g/mol. The summed E-state index contributed by atoms with van der Waals surface area (Å²) in [6, 6.07) is 3.18. The van der Waals surface area contributed by atoms with Gasteiger partial charge in [0.25, 0.3) is 0 Å². The highest BCUT2D eigenvalue weighted by Gasteiger charge is 2.28. The minimum Gasteiger partial charge on any atom is -0.316 e. The Labute approximate surface area is 92.1 Å². The molecule has 0 spiro atoms. The Morgan fingerprint density at radius 1 is 1.20 bits per heavy atom. The van der Waals surface area contributed by atoms with Gasteiger partial charge in [0.1, 0.15) is 6.17 Å². The molecule has 1 N–H and O–H groups in total. The number of nitrogens with one attached hydrogen (secondary N) is 1. The largest absolute Gasteiger partial charge is 0.316 e. The Morgan fingerprint density at radius 3 is 2.33 bits per heavy atom. The van der Waals surface area contributed by atoms with Gasteiger partial charge >= 0.3 is 0 Å². The van der Waals surface area contributed by atoms with Crippen LogP contribution >= 0.6 is 12.4 Å². The van der Waals surface area contributed by atoms with Crippen LogP contribution in [-0.2, 0) is 0 Å². The van der Waals surface area contributed by atoms with Crippen LogP contribution in [0.5, 0.6) is 0 Å². The summed E-state index contributed by atoms with van der Waals surface area (Å²) in [5.41, 5.74) is 0.218. The molecule has 5 heteroatoms. The monoisotopic (exact) mass is 237 g/mol. The molecule has 0 saturated carbocycles. The van der Waals surface area contributed by atoms with E-state index in [0.29, 0.717) is 13.1 Å². The molecule has 1 aromatic carbocycles. The van der Waals surface area contributed by atoms with Crippen molar-refractivity contribution in [2.45, 2.75) is 6.17 Å². The predicted molar refractivity (Wildman–Crippen MR) is 53.8 cm³/mol. The van der Waals surface area contributed by atoms with Crippen molar-refractivity contribution in [2.24, 2.45) is 5.92 Å². The fourth-order valence-corrected chi connectivity index (χ4v) is 1.47. The molecule has 1 heterocycles. The second kappa shape index (κ2) is 4.86. The van der Waals surface area contributed by atoms with Crippen molar-refractivity contribution in [3.63, 3.8) is 0 Å². The van der Waals surface area contributed by atoms with Gasteiger partial charge in [-0.3, -0.25) is 0 Å². The highest BCUT2D eigenvalue weighted by atomic mass is 35.5. The van der Waals surface area contributed by atoms with Gasteiger partial charge in [-0.15, -0.1) is 12.4 Å². The first-order valence-corrected chi connectivity index (χ1v) is 4.48. The molecule has 1 aliphatic heterocycles. The normalized spacial score (nSPS) is 17.8. The van der Waals surface area contributed by atoms with Gasteiger partial charge in [0.2, 0.25) is 0 Å². The van der Waals surface area contributed by atoms with Gasteiger partial charge in [-0.25, -0.2) is 13.2 Å². The third-order valence-corrected chi connectivity index (χ3v) is 2.49. The van der Waals surface area contributed by atoms with Gasteiger partial charge in [-0.1, -0.05) is 6.07 Å². The van der Waals surface area contributed by atoms with Gasteiger partial charge in [-0.2, -0.15) is 0 Å². The summed E-state index contributed by atoms with van der Waals surface area (Å²) in [7, 11) is 0. The Bertz CT molecular complexity index is 341. The van der Waals surface area contributed by atoms with Gasteiger partial charge in [0.05, 0.1) is 0 Å². The van der Waals surface area contributed by atoms with Gasteiger partial charge in [0, 0.05) is 19.0 Å². The summed E-state index contributed by atoms with van der Waals surface area (Å²) in [6.45, 7) is 1.19. The van der Waals surface area contributed by atoms with E-state index in [1.165, 1.54) is 6.07 Å². The smallest absolute Gasteiger partial charge is 0.159 e. The van der Waals surface area contributed by atoms with Gasteiger partial charge in [-0.05, 0) is 17.7 Å². The fourth-order valence-electron chi connectivity index (χ4n) is 1.47. The average Bonchev–Trinajstić information content (AvgIpc) is 2.06. The summed E-state index contributed by atoms with van der Waals surface area (Å²) >= 11 is 0. The van der Waals surface area contributed by atoms with Gasteiger partial charge < -0.3 is 5.32 Å². The summed E-state index contributed by atoms with van der Waals surface area (Å²) in [5, 5.41) is 2.93. The summed E-state index contributed by atoms with van der Waals surface area (Å²) in [6.07, 6.45) is -1.20. The Balaban J connectivity index is 0.00000112. The first-order valence-electron chi connectivity index (χ1n) is 4.48. The zero-order valence-electron chi connectivity index (χ0n) is 7.84. The van der Waals surface area contributed by atoms with Crippen LogP contribution in [0, 0.1) is 17.6 Å². The van der Waals surface area contributed by atoms with Crippen LogP contribution in [0.1, 0.15) is 11.7 Å². The van der Waals surface area contributed by atoms with E-state index in [4.69, 9.17) is 0 Å². The maximum atomic E-state index is 13.6. The number of benzene rings is 1. The van der Waals surface area contributed by atoms with E-state index in [1.54, 1.807) is 0 Å². The van der Waals surface area contributed by atoms with Crippen molar-refractivity contribution >= 4 is 12.4 Å². The molecule has 1 aliphatic rings. The van der Waals surface area contributed by atoms with E-state index in [-0.39, 0.29) is 23.9 Å². The molecule has 1 fully saturated rings. The van der Waals surface area contributed by atoms with Crippen LogP contribution in [0.15, 0.2) is 18.2 Å². The molecule has 0 aromatic heterocycles. The number of hydrogen-bond donors (Lipinski definition) is 1. The summed E-state index contributed by atoms with van der Waals surface area (Å²) < 4.78 is 38.9. The molecule has 15 heavy (non-hydrogen) atoms. The van der Waals surface area contributed by atoms with E-state index in [2.05, 4.69) is 5.32 Å². The lowest BCUT2D eigenvalue weighted by molar-refractivity contribution is 0.171. The summed E-state index contributed by atoms with van der Waals surface area (Å²) in [5.74, 6) is -2.04. The molecule has 1 aromatic rings. The molecule has 1 unspecified atom stereocenters. The molecule has 84 valence electrons. The number of alkyl halides is 1. The van der Waals surface area contributed by atoms with Crippen molar-refractivity contribution in [1.82, 2.24) is 5.32 Å². The third kappa shape index (κ3) is 2.44. The van der Waals surface area contributed by atoms with Crippen molar-refractivity contribution in [1.29, 1.82) is 0 Å². The lowest BCUT2D eigenvalue weighted by Crippen LogP contribution is -2.44. The highest BCUT2D eigenvalue weighted by molar-refractivity contribution is 5.85. The zero-order chi connectivity index (χ0) is 10.1. The van der Waals surface area contributed by atoms with E-state index in [1.807, 2.05) is 0 Å². The molecule has 0 bridgehead atoms. The fraction of sp³-hybridized carbons (Fsp3) is 0.400. The Kier molecular flexibility index (Phi) is 3.99. The number of rotatable bonds is 2. The molecule has 1 atom stereocenters. The van der Waals surface area contributed by atoms with Crippen molar-refractivity contribution in [3.05, 3.63) is 35.4 Å². The van der Waals surface area contributed by atoms with E-state index >= 15 is 0 Å². The molecule has 1 nitrogen and oxygen atoms in total. The molecule has 0 amide bonds. The molecule has 2 rings (SSSR count). The standard InChI is InChI=1S/C10H10F3N.ClH/c11-8-2-1-6(3-9(8)12)10(13)7-4-14-5-7;/h1-3,7,10,14H,4-5H2;1H. The van der Waals surface area contributed by atoms with E-state index in [9.17, 15) is 13.2 Å². The maximum Gasteiger partial charge on any atom is 0.159 e. The van der Waals surface area contributed by atoms with Gasteiger partial charge in [0.15, 0.2) is 11.6 Å². The topological polar surface area (TPSA) is 12.0 Å². The number of hydrogen-bond acceptors (Lipinski definition) is 1. The van der Waals surface area contributed by atoms with Crippen molar-refractivity contribution < 1.29 is 13.2 Å². The van der Waals surface area contributed by atoms with E-state index in [0.717, 1.165) is 12.1 Å². The quantitative estimate of drug-likeness (QED) is 0.834. The number of halogens is 4. The second-order valence-corrected chi connectivity index (χ2v) is 3.49. The predicted octanol–water partition coefficient (Wildman–Crippen LogP) is 2.62. The van der Waals surface area contributed by atoms with Crippen LogP contribution in [0.4, 0.5) is 13.2 Å². The zero-order valence-corrected chi connectivity index (χ0v) is 8.66. The second-order valence-electron chi connectivity index (χ2n) is 3.49. The van der Waals surface area contributed by atoms with Crippen LogP contribution < -0.4 is 5.32 Å². The molecule has 1 saturated heterocycles. The van der Waals surface area contributed by atoms with Crippen LogP contribution in [-0.4, -0.2) is 13.1 Å². The maximum absolute atomic E-state index is 13.6. The van der Waals surface area contributed by atoms with Crippen LogP contribution in [0.2, 0.25) is 0 Å². The first-order chi connectivity index (χ1) is 6.68. The molecule has 0 radical (unpaired) electrons. The molecule has 0 aliphatic carbocycles. The summed E-state index contributed by atoms with van der Waals surface area (Å²) in [4.78, 5) is 0. The lowest BCUT2D eigenvalue weighted by atomic mass is 9.92.